The van der Waals surface area contributed by atoms with Gasteiger partial charge in [0.1, 0.15) is 11.6 Å². The number of hydrogen-bond acceptors (Lipinski definition) is 5. The molecule has 0 atom stereocenters. The van der Waals surface area contributed by atoms with Crippen molar-refractivity contribution in [2.75, 3.05) is 17.2 Å². The summed E-state index contributed by atoms with van der Waals surface area (Å²) in [5, 5.41) is 6.77. The van der Waals surface area contributed by atoms with Crippen molar-refractivity contribution < 1.29 is 0 Å². The second-order valence-electron chi connectivity index (χ2n) is 9.40. The van der Waals surface area contributed by atoms with Crippen LogP contribution in [0.1, 0.15) is 40.8 Å². The minimum atomic E-state index is -0.420. The fourth-order valence-electron chi connectivity index (χ4n) is 5.67. The van der Waals surface area contributed by atoms with Gasteiger partial charge in [-0.15, -0.1) is 0 Å². The van der Waals surface area contributed by atoms with E-state index >= 15 is 0 Å². The Balaban J connectivity index is 1.51. The fraction of sp³-hybridized carbons (Fsp3) is 0.156. The van der Waals surface area contributed by atoms with Crippen LogP contribution >= 0.6 is 0 Å². The fourth-order valence-corrected chi connectivity index (χ4v) is 5.67. The largest absolute Gasteiger partial charge is 0.385 e. The third-order valence-electron chi connectivity index (χ3n) is 7.08. The molecule has 5 nitrogen and oxygen atoms in total. The molecule has 2 N–H and O–H groups in total. The number of anilines is 3. The van der Waals surface area contributed by atoms with Crippen molar-refractivity contribution in [2.45, 2.75) is 26.2 Å². The van der Waals surface area contributed by atoms with Crippen LogP contribution < -0.4 is 10.6 Å². The van der Waals surface area contributed by atoms with E-state index in [0.717, 1.165) is 17.9 Å². The van der Waals surface area contributed by atoms with Crippen LogP contribution in [0.4, 0.5) is 17.3 Å². The van der Waals surface area contributed by atoms with E-state index < -0.39 is 5.41 Å². The van der Waals surface area contributed by atoms with Crippen LogP contribution in [0.5, 0.6) is 0 Å². The SMILES string of the molecule is CCNc1ccc(C2(c3ccc(Nc4nc(C)nc(C)n4)cc3)c3ccccc3-c3ccccc32)cc1. The minimum Gasteiger partial charge on any atom is -0.385 e. The topological polar surface area (TPSA) is 62.7 Å². The second-order valence-corrected chi connectivity index (χ2v) is 9.40. The Morgan fingerprint density at radius 3 is 1.59 bits per heavy atom. The van der Waals surface area contributed by atoms with Crippen molar-refractivity contribution >= 4 is 17.3 Å². The van der Waals surface area contributed by atoms with Crippen LogP contribution in [0.15, 0.2) is 97.1 Å². The maximum absolute atomic E-state index is 4.43. The molecular weight excluding hydrogens is 454 g/mol. The van der Waals surface area contributed by atoms with Crippen LogP contribution in [-0.4, -0.2) is 21.5 Å². The Kier molecular flexibility index (Phi) is 5.68. The average Bonchev–Trinajstić information content (AvgIpc) is 3.21. The first-order chi connectivity index (χ1) is 18.1. The molecule has 0 bridgehead atoms. The number of hydrogen-bond donors (Lipinski definition) is 2. The van der Waals surface area contributed by atoms with Crippen molar-refractivity contribution in [3.63, 3.8) is 0 Å². The Hall–Kier alpha value is -4.51. The Labute approximate surface area is 217 Å². The average molecular weight is 484 g/mol. The molecule has 0 amide bonds. The maximum Gasteiger partial charge on any atom is 0.230 e. The highest BCUT2D eigenvalue weighted by Gasteiger charge is 2.45. The molecule has 0 aliphatic heterocycles. The molecule has 1 heterocycles. The van der Waals surface area contributed by atoms with E-state index in [4.69, 9.17) is 0 Å². The van der Waals surface area contributed by atoms with Crippen molar-refractivity contribution in [1.82, 2.24) is 15.0 Å². The first-order valence-electron chi connectivity index (χ1n) is 12.7. The van der Waals surface area contributed by atoms with E-state index in [0.29, 0.717) is 17.6 Å². The van der Waals surface area contributed by atoms with Crippen LogP contribution in [-0.2, 0) is 5.41 Å². The van der Waals surface area contributed by atoms with Gasteiger partial charge in [-0.05, 0) is 78.4 Å². The van der Waals surface area contributed by atoms with E-state index in [1.54, 1.807) is 0 Å². The molecule has 182 valence electrons. The van der Waals surface area contributed by atoms with Gasteiger partial charge in [-0.25, -0.2) is 4.98 Å². The molecule has 1 aromatic heterocycles. The summed E-state index contributed by atoms with van der Waals surface area (Å²) in [6.45, 7) is 6.77. The van der Waals surface area contributed by atoms with Gasteiger partial charge < -0.3 is 10.6 Å². The molecule has 0 saturated carbocycles. The minimum absolute atomic E-state index is 0.420. The molecule has 1 aliphatic carbocycles. The van der Waals surface area contributed by atoms with Gasteiger partial charge in [0.05, 0.1) is 5.41 Å². The van der Waals surface area contributed by atoms with E-state index in [-0.39, 0.29) is 0 Å². The first kappa shape index (κ1) is 22.9. The van der Waals surface area contributed by atoms with Crippen LogP contribution in [0, 0.1) is 13.8 Å². The van der Waals surface area contributed by atoms with E-state index in [1.807, 2.05) is 13.8 Å². The Bertz CT molecular complexity index is 1510. The molecule has 0 unspecified atom stereocenters. The number of nitrogens with zero attached hydrogens (tertiary/aromatic N) is 3. The van der Waals surface area contributed by atoms with Gasteiger partial charge in [-0.1, -0.05) is 72.8 Å². The number of aryl methyl sites for hydroxylation is 2. The van der Waals surface area contributed by atoms with Gasteiger partial charge in [0.25, 0.3) is 0 Å². The van der Waals surface area contributed by atoms with Gasteiger partial charge in [-0.3, -0.25) is 0 Å². The van der Waals surface area contributed by atoms with E-state index in [2.05, 4.69) is 130 Å². The quantitative estimate of drug-likeness (QED) is 0.266. The van der Waals surface area contributed by atoms with Gasteiger partial charge in [0.2, 0.25) is 5.95 Å². The molecule has 0 fully saturated rings. The van der Waals surface area contributed by atoms with E-state index in [1.165, 1.54) is 33.4 Å². The number of nitrogens with one attached hydrogen (secondary N) is 2. The van der Waals surface area contributed by atoms with Crippen molar-refractivity contribution in [2.24, 2.45) is 0 Å². The number of fused-ring (bicyclic) bond motifs is 3. The number of benzene rings is 4. The molecule has 0 saturated heterocycles. The zero-order valence-electron chi connectivity index (χ0n) is 21.3. The summed E-state index contributed by atoms with van der Waals surface area (Å²) in [5.74, 6) is 1.96. The predicted molar refractivity (Wildman–Crippen MR) is 150 cm³/mol. The summed E-state index contributed by atoms with van der Waals surface area (Å²) < 4.78 is 0. The molecule has 1 aliphatic rings. The zero-order valence-corrected chi connectivity index (χ0v) is 21.3. The summed E-state index contributed by atoms with van der Waals surface area (Å²) in [4.78, 5) is 13.1. The maximum atomic E-state index is 4.43. The molecule has 4 aromatic carbocycles. The third kappa shape index (κ3) is 3.84. The number of aromatic nitrogens is 3. The summed E-state index contributed by atoms with van der Waals surface area (Å²) in [5.41, 5.74) is 9.28. The number of rotatable bonds is 6. The monoisotopic (exact) mass is 483 g/mol. The second kappa shape index (κ2) is 9.17. The highest BCUT2D eigenvalue weighted by atomic mass is 15.2. The molecule has 5 aromatic rings. The lowest BCUT2D eigenvalue weighted by atomic mass is 9.67. The van der Waals surface area contributed by atoms with Crippen LogP contribution in [0.3, 0.4) is 0 Å². The molecule has 6 rings (SSSR count). The zero-order chi connectivity index (χ0) is 25.4. The highest BCUT2D eigenvalue weighted by Crippen LogP contribution is 2.56. The summed E-state index contributed by atoms with van der Waals surface area (Å²) >= 11 is 0. The third-order valence-corrected chi connectivity index (χ3v) is 7.08. The van der Waals surface area contributed by atoms with Gasteiger partial charge in [0.15, 0.2) is 0 Å². The highest BCUT2D eigenvalue weighted by molar-refractivity contribution is 5.86. The van der Waals surface area contributed by atoms with Crippen LogP contribution in [0.25, 0.3) is 11.1 Å². The van der Waals surface area contributed by atoms with Crippen molar-refractivity contribution in [3.8, 4) is 11.1 Å². The Morgan fingerprint density at radius 1 is 0.595 bits per heavy atom. The van der Waals surface area contributed by atoms with E-state index in [9.17, 15) is 0 Å². The Morgan fingerprint density at radius 2 is 1.08 bits per heavy atom. The summed E-state index contributed by atoms with van der Waals surface area (Å²) in [6.07, 6.45) is 0. The normalized spacial score (nSPS) is 13.1. The van der Waals surface area contributed by atoms with Crippen molar-refractivity contribution in [1.29, 1.82) is 0 Å². The smallest absolute Gasteiger partial charge is 0.230 e. The van der Waals surface area contributed by atoms with Gasteiger partial charge in [0, 0.05) is 17.9 Å². The summed E-state index contributed by atoms with van der Waals surface area (Å²) in [7, 11) is 0. The lowest BCUT2D eigenvalue weighted by molar-refractivity contribution is 0.768. The molecule has 5 heteroatoms. The predicted octanol–water partition coefficient (Wildman–Crippen LogP) is 7.03. The molecule has 0 spiro atoms. The van der Waals surface area contributed by atoms with Crippen LogP contribution in [0.2, 0.25) is 0 Å². The molecule has 37 heavy (non-hydrogen) atoms. The molecular formula is C32H29N5. The molecule has 0 radical (unpaired) electrons. The lowest BCUT2D eigenvalue weighted by Gasteiger charge is -2.34. The lowest BCUT2D eigenvalue weighted by Crippen LogP contribution is -2.28. The summed E-state index contributed by atoms with van der Waals surface area (Å²) in [6, 6.07) is 35.2. The van der Waals surface area contributed by atoms with Gasteiger partial charge in [-0.2, -0.15) is 9.97 Å². The standard InChI is InChI=1S/C32H29N5/c1-4-33-25-17-13-23(14-18-25)32(29-11-7-5-9-27(29)28-10-6-8-12-30(28)32)24-15-19-26(20-16-24)37-31-35-21(2)34-22(3)36-31/h5-20,33H,4H2,1-3H3,(H,34,35,36,37). The first-order valence-corrected chi connectivity index (χ1v) is 12.7. The van der Waals surface area contributed by atoms with Crippen molar-refractivity contribution in [3.05, 3.63) is 131 Å². The van der Waals surface area contributed by atoms with Gasteiger partial charge >= 0.3 is 0 Å².